The summed E-state index contributed by atoms with van der Waals surface area (Å²) in [5.74, 6) is -0.619. The van der Waals surface area contributed by atoms with Crippen molar-refractivity contribution in [2.75, 3.05) is 0 Å². The Morgan fingerprint density at radius 2 is 1.74 bits per heavy atom. The van der Waals surface area contributed by atoms with Gasteiger partial charge >= 0.3 is 7.12 Å². The van der Waals surface area contributed by atoms with Crippen LogP contribution in [0.2, 0.25) is 5.02 Å². The monoisotopic (exact) mass is 283 g/mol. The van der Waals surface area contributed by atoms with Crippen molar-refractivity contribution in [1.82, 2.24) is 0 Å². The lowest BCUT2D eigenvalue weighted by Gasteiger charge is -2.32. The molecule has 1 fully saturated rings. The number of rotatable bonds is 2. The number of phenolic OH excluding ortho intramolecular Hbond substituents is 1. The summed E-state index contributed by atoms with van der Waals surface area (Å²) in [4.78, 5) is 0. The maximum Gasteiger partial charge on any atom is 0.480 e. The molecule has 6 heteroatoms. The highest BCUT2D eigenvalue weighted by atomic mass is 35.5. The first-order chi connectivity index (χ1) is 8.66. The van der Waals surface area contributed by atoms with E-state index in [0.717, 1.165) is 0 Å². The van der Waals surface area contributed by atoms with E-state index in [0.29, 0.717) is 5.56 Å². The number of para-hydroxylation sites is 1. The Bertz CT molecular complexity index is 477. The maximum absolute atomic E-state index is 9.97. The van der Waals surface area contributed by atoms with Crippen LogP contribution in [0.4, 0.5) is 0 Å². The Kier molecular flexibility index (Phi) is 3.60. The van der Waals surface area contributed by atoms with Crippen LogP contribution in [0, 0.1) is 0 Å². The number of phenols is 1. The average molecular weight is 284 g/mol. The normalized spacial score (nSPS) is 22.5. The topological polar surface area (TPSA) is 64.7 Å². The van der Waals surface area contributed by atoms with Gasteiger partial charge in [0.2, 0.25) is 0 Å². The fraction of sp³-hybridized carbons (Fsp3) is 0.538. The van der Waals surface area contributed by atoms with E-state index in [2.05, 4.69) is 0 Å². The number of hydrogen-bond donors (Lipinski definition) is 2. The molecule has 0 bridgehead atoms. The molecule has 1 heterocycles. The van der Waals surface area contributed by atoms with Gasteiger partial charge in [-0.15, -0.1) is 0 Å². The molecule has 1 aliphatic heterocycles. The quantitative estimate of drug-likeness (QED) is 0.819. The van der Waals surface area contributed by atoms with E-state index in [4.69, 9.17) is 26.6 Å². The van der Waals surface area contributed by atoms with Crippen molar-refractivity contribution in [1.29, 1.82) is 0 Å². The zero-order valence-electron chi connectivity index (χ0n) is 11.6. The molecule has 0 saturated carbocycles. The first-order valence-electron chi connectivity index (χ1n) is 6.24. The van der Waals surface area contributed by atoms with Gasteiger partial charge in [0.15, 0.2) is 0 Å². The third-order valence-corrected chi connectivity index (χ3v) is 4.25. The Morgan fingerprint density at radius 1 is 1.21 bits per heavy atom. The number of aromatic hydroxyl groups is 1. The van der Waals surface area contributed by atoms with Crippen LogP contribution < -0.4 is 5.73 Å². The maximum atomic E-state index is 9.97. The molecule has 4 nitrogen and oxygen atoms in total. The molecule has 104 valence electrons. The number of halogens is 1. The lowest BCUT2D eigenvalue weighted by molar-refractivity contribution is 0.00578. The van der Waals surface area contributed by atoms with Crippen molar-refractivity contribution in [2.24, 2.45) is 5.73 Å². The molecule has 1 aromatic carbocycles. The van der Waals surface area contributed by atoms with Crippen LogP contribution in [-0.4, -0.2) is 23.4 Å². The zero-order valence-corrected chi connectivity index (χ0v) is 12.4. The van der Waals surface area contributed by atoms with Gasteiger partial charge < -0.3 is 20.1 Å². The van der Waals surface area contributed by atoms with E-state index in [1.165, 1.54) is 0 Å². The van der Waals surface area contributed by atoms with Gasteiger partial charge in [0.25, 0.3) is 0 Å². The average Bonchev–Trinajstić information content (AvgIpc) is 2.51. The summed E-state index contributed by atoms with van der Waals surface area (Å²) in [5, 5.41) is 10.2. The van der Waals surface area contributed by atoms with Crippen molar-refractivity contribution in [3.8, 4) is 5.75 Å². The largest absolute Gasteiger partial charge is 0.506 e. The lowest BCUT2D eigenvalue weighted by atomic mass is 9.74. The smallest absolute Gasteiger partial charge is 0.480 e. The minimum atomic E-state index is -0.616. The van der Waals surface area contributed by atoms with Gasteiger partial charge in [-0.05, 0) is 33.8 Å². The molecule has 3 N–H and O–H groups in total. The molecule has 1 atom stereocenters. The highest BCUT2D eigenvalue weighted by molar-refractivity contribution is 6.47. The Hall–Kier alpha value is -0.745. The van der Waals surface area contributed by atoms with Gasteiger partial charge in [-0.3, -0.25) is 0 Å². The van der Waals surface area contributed by atoms with Gasteiger partial charge in [0.1, 0.15) is 5.75 Å². The molecule has 0 aliphatic carbocycles. The van der Waals surface area contributed by atoms with Crippen molar-refractivity contribution in [2.45, 2.75) is 44.8 Å². The van der Waals surface area contributed by atoms with Crippen LogP contribution in [0.5, 0.6) is 5.75 Å². The summed E-state index contributed by atoms with van der Waals surface area (Å²) >= 11 is 5.89. The van der Waals surface area contributed by atoms with E-state index in [-0.39, 0.29) is 10.8 Å². The van der Waals surface area contributed by atoms with Crippen LogP contribution in [0.15, 0.2) is 18.2 Å². The first-order valence-corrected chi connectivity index (χ1v) is 6.62. The fourth-order valence-corrected chi connectivity index (χ4v) is 2.16. The summed E-state index contributed by atoms with van der Waals surface area (Å²) in [5.41, 5.74) is 5.75. The molecule has 0 amide bonds. The predicted molar refractivity (Wildman–Crippen MR) is 76.1 cm³/mol. The van der Waals surface area contributed by atoms with E-state index in [1.54, 1.807) is 18.2 Å². The summed E-state index contributed by atoms with van der Waals surface area (Å²) in [7, 11) is -0.616. The number of hydrogen-bond acceptors (Lipinski definition) is 4. The summed E-state index contributed by atoms with van der Waals surface area (Å²) in [6, 6.07) is 5.07. The highest BCUT2D eigenvalue weighted by Gasteiger charge is 2.53. The van der Waals surface area contributed by atoms with Crippen LogP contribution >= 0.6 is 11.6 Å². The SMILES string of the molecule is CC1(C)OB(C(N)c2cccc(Cl)c2O)OC1(C)C. The second-order valence-electron chi connectivity index (χ2n) is 5.83. The third-order valence-electron chi connectivity index (χ3n) is 3.94. The minimum absolute atomic E-state index is 0.0219. The molecule has 1 aromatic rings. The molecule has 19 heavy (non-hydrogen) atoms. The molecule has 0 aromatic heterocycles. The Labute approximate surface area is 119 Å². The van der Waals surface area contributed by atoms with Gasteiger partial charge in [0.05, 0.1) is 22.2 Å². The molecule has 0 radical (unpaired) electrons. The fourth-order valence-electron chi connectivity index (χ4n) is 1.98. The molecular weight excluding hydrogens is 264 g/mol. The zero-order chi connectivity index (χ0) is 14.4. The lowest BCUT2D eigenvalue weighted by Crippen LogP contribution is -2.41. The molecule has 2 rings (SSSR count). The van der Waals surface area contributed by atoms with Gasteiger partial charge in [0, 0.05) is 5.56 Å². The summed E-state index contributed by atoms with van der Waals surface area (Å²) in [6.45, 7) is 7.82. The minimum Gasteiger partial charge on any atom is -0.506 e. The third kappa shape index (κ3) is 2.48. The summed E-state index contributed by atoms with van der Waals surface area (Å²) in [6.07, 6.45) is 0. The number of nitrogens with two attached hydrogens (primary N) is 1. The predicted octanol–water partition coefficient (Wildman–Crippen LogP) is 2.68. The van der Waals surface area contributed by atoms with Crippen molar-refractivity contribution >= 4 is 18.7 Å². The number of benzene rings is 1. The van der Waals surface area contributed by atoms with E-state index < -0.39 is 24.3 Å². The van der Waals surface area contributed by atoms with Crippen molar-refractivity contribution < 1.29 is 14.4 Å². The van der Waals surface area contributed by atoms with Crippen LogP contribution in [0.1, 0.15) is 39.2 Å². The van der Waals surface area contributed by atoms with E-state index in [9.17, 15) is 5.11 Å². The van der Waals surface area contributed by atoms with Crippen LogP contribution in [-0.2, 0) is 9.31 Å². The van der Waals surface area contributed by atoms with Gasteiger partial charge in [-0.2, -0.15) is 0 Å². The summed E-state index contributed by atoms with van der Waals surface area (Å²) < 4.78 is 11.7. The molecule has 1 unspecified atom stereocenters. The molecule has 0 spiro atoms. The van der Waals surface area contributed by atoms with E-state index in [1.807, 2.05) is 27.7 Å². The standard InChI is InChI=1S/C13H19BClNO3/c1-12(2)13(3,4)19-14(18-12)11(16)8-6-5-7-9(15)10(8)17/h5-7,11,17H,16H2,1-4H3. The Balaban J connectivity index is 2.27. The van der Waals surface area contributed by atoms with Crippen molar-refractivity contribution in [3.05, 3.63) is 28.8 Å². The molecular formula is C13H19BClNO3. The van der Waals surface area contributed by atoms with E-state index >= 15 is 0 Å². The highest BCUT2D eigenvalue weighted by Crippen LogP contribution is 2.41. The van der Waals surface area contributed by atoms with Crippen LogP contribution in [0.3, 0.4) is 0 Å². The molecule has 1 aliphatic rings. The van der Waals surface area contributed by atoms with Gasteiger partial charge in [-0.1, -0.05) is 23.7 Å². The van der Waals surface area contributed by atoms with Gasteiger partial charge in [-0.25, -0.2) is 0 Å². The second kappa shape index (κ2) is 4.67. The van der Waals surface area contributed by atoms with Crippen LogP contribution in [0.25, 0.3) is 0 Å². The second-order valence-corrected chi connectivity index (χ2v) is 6.24. The Morgan fingerprint density at radius 3 is 2.26 bits per heavy atom. The van der Waals surface area contributed by atoms with Crippen molar-refractivity contribution in [3.63, 3.8) is 0 Å². The first kappa shape index (κ1) is 14.7. The molecule has 1 saturated heterocycles.